The molecule has 147 valence electrons. The number of nitrogen functional groups attached to an aromatic ring is 1. The van der Waals surface area contributed by atoms with E-state index < -0.39 is 14.0 Å². The van der Waals surface area contributed by atoms with Crippen LogP contribution in [0.3, 0.4) is 0 Å². The summed E-state index contributed by atoms with van der Waals surface area (Å²) in [6.07, 6.45) is 6.55. The third-order valence-corrected chi connectivity index (χ3v) is 9.50. The predicted octanol–water partition coefficient (Wildman–Crippen LogP) is 2.19. The molecule has 0 saturated heterocycles. The molecule has 0 saturated carbocycles. The van der Waals surface area contributed by atoms with Gasteiger partial charge in [-0.05, 0) is 59.0 Å². The first-order valence-corrected chi connectivity index (χ1v) is 12.7. The summed E-state index contributed by atoms with van der Waals surface area (Å²) in [5.74, 6) is -0.908. The summed E-state index contributed by atoms with van der Waals surface area (Å²) in [4.78, 5) is 14.7. The monoisotopic (exact) mass is 401 g/mol. The first-order chi connectivity index (χ1) is 13.7. The highest BCUT2D eigenvalue weighted by molar-refractivity contribution is 6.98. The minimum Gasteiger partial charge on any atom is -0.478 e. The maximum absolute atomic E-state index is 11.4. The molecule has 2 aliphatic rings. The van der Waals surface area contributed by atoms with Gasteiger partial charge in [-0.15, -0.1) is 0 Å². The summed E-state index contributed by atoms with van der Waals surface area (Å²) < 4.78 is 0. The van der Waals surface area contributed by atoms with Crippen LogP contribution in [0.5, 0.6) is 0 Å². The second kappa shape index (κ2) is 6.71. The Balaban J connectivity index is 2.08. The minimum absolute atomic E-state index is 0.306. The lowest BCUT2D eigenvalue weighted by atomic mass is 9.87. The third kappa shape index (κ3) is 2.98. The molecule has 4 N–H and O–H groups in total. The van der Waals surface area contributed by atoms with Crippen LogP contribution in [0.2, 0.25) is 13.1 Å². The van der Waals surface area contributed by atoms with Crippen LogP contribution in [0.4, 0.5) is 5.69 Å². The average molecular weight is 402 g/mol. The van der Waals surface area contributed by atoms with Crippen LogP contribution < -0.4 is 15.9 Å². The summed E-state index contributed by atoms with van der Waals surface area (Å²) in [5, 5.41) is 12.0. The Morgan fingerprint density at radius 2 is 1.79 bits per heavy atom. The van der Waals surface area contributed by atoms with Gasteiger partial charge in [-0.1, -0.05) is 32.3 Å². The molecule has 4 rings (SSSR count). The van der Waals surface area contributed by atoms with Gasteiger partial charge in [0.25, 0.3) is 0 Å². The van der Waals surface area contributed by atoms with E-state index in [1.807, 2.05) is 26.1 Å². The molecule has 0 amide bonds. The lowest BCUT2D eigenvalue weighted by molar-refractivity contribution is -0.417. The van der Waals surface area contributed by atoms with E-state index >= 15 is 0 Å². The Hall–Kier alpha value is -3.18. The number of nitrogens with one attached hydrogen (secondary N) is 1. The summed E-state index contributed by atoms with van der Waals surface area (Å²) in [7, 11) is -0.0317. The Kier molecular flexibility index (Phi) is 4.43. The van der Waals surface area contributed by atoms with Gasteiger partial charge < -0.3 is 10.8 Å². The number of anilines is 1. The smallest absolute Gasteiger partial charge is 0.335 e. The van der Waals surface area contributed by atoms with Gasteiger partial charge >= 0.3 is 5.97 Å². The molecule has 1 aliphatic carbocycles. The lowest BCUT2D eigenvalue weighted by Crippen LogP contribution is -2.67. The molecule has 0 unspecified atom stereocenters. The highest BCUT2D eigenvalue weighted by Gasteiger charge is 2.31. The van der Waals surface area contributed by atoms with E-state index in [4.69, 9.17) is 5.73 Å². The van der Waals surface area contributed by atoms with Crippen molar-refractivity contribution < 1.29 is 14.9 Å². The van der Waals surface area contributed by atoms with E-state index in [1.165, 1.54) is 21.5 Å². The fourth-order valence-electron chi connectivity index (χ4n) is 4.39. The van der Waals surface area contributed by atoms with Gasteiger partial charge in [0, 0.05) is 11.8 Å². The molecule has 0 radical (unpaired) electrons. The number of allylic oxidation sites excluding steroid dienone is 5. The zero-order valence-corrected chi connectivity index (χ0v) is 18.1. The number of carboxylic acid groups (broad SMARTS) is 1. The summed E-state index contributed by atoms with van der Waals surface area (Å²) in [5.41, 5.74) is 13.9. The number of nitrogens with two attached hydrogens (primary N) is 1. The second-order valence-electron chi connectivity index (χ2n) is 8.15. The summed E-state index contributed by atoms with van der Waals surface area (Å²) >= 11 is 0. The zero-order valence-electron chi connectivity index (χ0n) is 17.1. The number of carboxylic acids is 1. The molecule has 2 aromatic rings. The van der Waals surface area contributed by atoms with E-state index in [9.17, 15) is 9.90 Å². The van der Waals surface area contributed by atoms with Crippen molar-refractivity contribution in [3.05, 3.63) is 87.6 Å². The van der Waals surface area contributed by atoms with Crippen LogP contribution in [0.1, 0.15) is 27.0 Å². The Bertz CT molecular complexity index is 1180. The van der Waals surface area contributed by atoms with E-state index in [0.29, 0.717) is 5.56 Å². The molecule has 0 spiro atoms. The molecule has 1 heterocycles. The maximum Gasteiger partial charge on any atom is 0.335 e. The van der Waals surface area contributed by atoms with Crippen molar-refractivity contribution in [2.75, 3.05) is 12.8 Å². The fourth-order valence-corrected chi connectivity index (χ4v) is 7.49. The molecular weight excluding hydrogens is 376 g/mol. The molecule has 2 aromatic carbocycles. The third-order valence-electron chi connectivity index (χ3n) is 5.98. The SMILES string of the molecule is C[NH+]=C1C=CC2=C(c3ccc(C(=O)O)cc3C)c3ccc(N)cc3[Si-](C)(C)C2=C1. The highest BCUT2D eigenvalue weighted by atomic mass is 28.3. The average Bonchev–Trinajstić information content (AvgIpc) is 2.69. The molecule has 0 aromatic heterocycles. The summed E-state index contributed by atoms with van der Waals surface area (Å²) in [6.45, 7) is 6.70. The fraction of sp³-hybridized carbons (Fsp3) is 0.167. The quantitative estimate of drug-likeness (QED) is 0.533. The van der Waals surface area contributed by atoms with Crippen LogP contribution in [0, 0.1) is 6.92 Å². The van der Waals surface area contributed by atoms with Gasteiger partial charge in [0.2, 0.25) is 0 Å². The molecular formula is C24H25N2O2Si. The van der Waals surface area contributed by atoms with Crippen molar-refractivity contribution in [3.8, 4) is 0 Å². The number of rotatable bonds is 2. The van der Waals surface area contributed by atoms with Crippen LogP contribution in [-0.4, -0.2) is 31.9 Å². The van der Waals surface area contributed by atoms with Crippen LogP contribution in [-0.2, 0) is 0 Å². The van der Waals surface area contributed by atoms with Crippen molar-refractivity contribution in [1.82, 2.24) is 0 Å². The number of carbonyl (C=O) groups is 1. The topological polar surface area (TPSA) is 77.3 Å². The first kappa shape index (κ1) is 19.1. The van der Waals surface area contributed by atoms with Crippen molar-refractivity contribution in [2.24, 2.45) is 0 Å². The van der Waals surface area contributed by atoms with Gasteiger partial charge in [-0.2, -0.15) is 23.5 Å². The largest absolute Gasteiger partial charge is 0.478 e. The molecule has 0 atom stereocenters. The Labute approximate surface area is 171 Å². The molecule has 5 heteroatoms. The zero-order chi connectivity index (χ0) is 20.9. The minimum atomic E-state index is -1.97. The number of aryl methyl sites for hydroxylation is 1. The Morgan fingerprint density at radius 3 is 2.45 bits per heavy atom. The van der Waals surface area contributed by atoms with Crippen LogP contribution >= 0.6 is 0 Å². The van der Waals surface area contributed by atoms with Crippen LogP contribution in [0.25, 0.3) is 5.57 Å². The number of benzene rings is 2. The van der Waals surface area contributed by atoms with Gasteiger partial charge in [-0.3, -0.25) is 0 Å². The van der Waals surface area contributed by atoms with Gasteiger partial charge in [0.1, 0.15) is 7.05 Å². The van der Waals surface area contributed by atoms with E-state index in [-0.39, 0.29) is 0 Å². The lowest BCUT2D eigenvalue weighted by Gasteiger charge is -2.47. The summed E-state index contributed by atoms with van der Waals surface area (Å²) in [6, 6.07) is 11.6. The van der Waals surface area contributed by atoms with Gasteiger partial charge in [0.05, 0.1) is 5.56 Å². The van der Waals surface area contributed by atoms with E-state index in [0.717, 1.165) is 28.1 Å². The second-order valence-corrected chi connectivity index (χ2v) is 12.5. The van der Waals surface area contributed by atoms with Crippen molar-refractivity contribution >= 4 is 36.2 Å². The standard InChI is InChI=1S/C24H24N2O2Si/c1-14-11-15(24(27)28)5-8-18(14)23-19-9-6-16(25)12-21(19)29(3,4)22-13-17(26-2)7-10-20(22)23/h5-13H,25H2,1-4H3,(H,27,28)/q-1/p+1. The van der Waals surface area contributed by atoms with Crippen LogP contribution in [0.15, 0.2) is 65.4 Å². The first-order valence-electron chi connectivity index (χ1n) is 9.68. The highest BCUT2D eigenvalue weighted by Crippen LogP contribution is 2.42. The van der Waals surface area contributed by atoms with Crippen molar-refractivity contribution in [3.63, 3.8) is 0 Å². The maximum atomic E-state index is 11.4. The van der Waals surface area contributed by atoms with E-state index in [2.05, 4.69) is 48.4 Å². The van der Waals surface area contributed by atoms with Gasteiger partial charge in [0.15, 0.2) is 5.71 Å². The molecule has 29 heavy (non-hydrogen) atoms. The number of aromatic carboxylic acids is 1. The molecule has 0 bridgehead atoms. The molecule has 1 aliphatic heterocycles. The Morgan fingerprint density at radius 1 is 1.07 bits per heavy atom. The van der Waals surface area contributed by atoms with Crippen molar-refractivity contribution in [2.45, 2.75) is 20.0 Å². The number of fused-ring (bicyclic) bond motifs is 2. The van der Waals surface area contributed by atoms with Gasteiger partial charge in [-0.25, -0.2) is 9.79 Å². The number of hydrogen-bond acceptors (Lipinski definition) is 2. The normalized spacial score (nSPS) is 18.3. The molecule has 0 fully saturated rings. The van der Waals surface area contributed by atoms with E-state index in [1.54, 1.807) is 12.1 Å². The number of hydrogen-bond donors (Lipinski definition) is 3. The molecule has 4 nitrogen and oxygen atoms in total. The van der Waals surface area contributed by atoms with Crippen molar-refractivity contribution in [1.29, 1.82) is 0 Å². The predicted molar refractivity (Wildman–Crippen MR) is 121 cm³/mol.